The first kappa shape index (κ1) is 12.1. The third-order valence-corrected chi connectivity index (χ3v) is 2.87. The molecule has 98 valence electrons. The Morgan fingerprint density at radius 3 is 2.30 bits per heavy atom. The van der Waals surface area contributed by atoms with Gasteiger partial charge in [-0.2, -0.15) is 0 Å². The zero-order valence-electron chi connectivity index (χ0n) is 10.6. The van der Waals surface area contributed by atoms with E-state index < -0.39 is 0 Å². The van der Waals surface area contributed by atoms with Crippen LogP contribution in [0.4, 0.5) is 5.69 Å². The summed E-state index contributed by atoms with van der Waals surface area (Å²) in [7, 11) is 0. The maximum Gasteiger partial charge on any atom is 0.291 e. The van der Waals surface area contributed by atoms with Crippen molar-refractivity contribution in [3.63, 3.8) is 0 Å². The first-order valence-corrected chi connectivity index (χ1v) is 6.14. The van der Waals surface area contributed by atoms with E-state index >= 15 is 0 Å². The van der Waals surface area contributed by atoms with Gasteiger partial charge in [0.05, 0.1) is 0 Å². The molecule has 5 heteroatoms. The van der Waals surface area contributed by atoms with Crippen LogP contribution in [0.1, 0.15) is 10.6 Å². The molecular weight excluding hydrogens is 252 g/mol. The van der Waals surface area contributed by atoms with Gasteiger partial charge >= 0.3 is 0 Å². The molecule has 0 fully saturated rings. The summed E-state index contributed by atoms with van der Waals surface area (Å²) in [6, 6.07) is 11.5. The van der Waals surface area contributed by atoms with Crippen molar-refractivity contribution in [2.24, 2.45) is 0 Å². The Labute approximate surface area is 115 Å². The molecule has 0 spiro atoms. The van der Waals surface area contributed by atoms with Crippen LogP contribution >= 0.6 is 0 Å². The predicted molar refractivity (Wildman–Crippen MR) is 76.2 cm³/mol. The fourth-order valence-corrected chi connectivity index (χ4v) is 1.87. The largest absolute Gasteiger partial charge is 0.341 e. The summed E-state index contributed by atoms with van der Waals surface area (Å²) >= 11 is 0. The van der Waals surface area contributed by atoms with Gasteiger partial charge in [-0.15, -0.1) is 0 Å². The van der Waals surface area contributed by atoms with Crippen LogP contribution in [-0.4, -0.2) is 20.9 Å². The molecule has 2 aromatic heterocycles. The monoisotopic (exact) mass is 264 g/mol. The Morgan fingerprint density at radius 1 is 0.950 bits per heavy atom. The number of amides is 1. The van der Waals surface area contributed by atoms with E-state index in [1.807, 2.05) is 36.4 Å². The van der Waals surface area contributed by atoms with Gasteiger partial charge in [0.1, 0.15) is 0 Å². The minimum Gasteiger partial charge on any atom is -0.341 e. The molecule has 0 radical (unpaired) electrons. The van der Waals surface area contributed by atoms with Crippen molar-refractivity contribution in [2.75, 3.05) is 5.32 Å². The maximum absolute atomic E-state index is 11.8. The SMILES string of the molecule is O=C(Nc1ccc(-c2ccncc2)cc1)c1ncc[nH]1. The molecule has 2 heterocycles. The van der Waals surface area contributed by atoms with Crippen LogP contribution in [0.3, 0.4) is 0 Å². The van der Waals surface area contributed by atoms with E-state index in [0.717, 1.165) is 16.8 Å². The topological polar surface area (TPSA) is 70.7 Å². The molecular formula is C15H12N4O. The van der Waals surface area contributed by atoms with Crippen LogP contribution in [0, 0.1) is 0 Å². The third-order valence-electron chi connectivity index (χ3n) is 2.87. The zero-order chi connectivity index (χ0) is 13.8. The van der Waals surface area contributed by atoms with Crippen LogP contribution in [0.2, 0.25) is 0 Å². The zero-order valence-corrected chi connectivity index (χ0v) is 10.6. The number of anilines is 1. The highest BCUT2D eigenvalue weighted by Crippen LogP contribution is 2.20. The number of imidazole rings is 1. The van der Waals surface area contributed by atoms with Crippen LogP contribution < -0.4 is 5.32 Å². The summed E-state index contributed by atoms with van der Waals surface area (Å²) in [4.78, 5) is 22.5. The number of benzene rings is 1. The first-order chi connectivity index (χ1) is 9.83. The average molecular weight is 264 g/mol. The van der Waals surface area contributed by atoms with Crippen molar-refractivity contribution in [1.82, 2.24) is 15.0 Å². The normalized spacial score (nSPS) is 10.2. The number of aromatic amines is 1. The van der Waals surface area contributed by atoms with Crippen LogP contribution in [0.25, 0.3) is 11.1 Å². The number of rotatable bonds is 3. The summed E-state index contributed by atoms with van der Waals surface area (Å²) in [5.41, 5.74) is 2.89. The molecule has 3 rings (SSSR count). The second kappa shape index (κ2) is 5.36. The highest BCUT2D eigenvalue weighted by molar-refractivity contribution is 6.01. The van der Waals surface area contributed by atoms with Crippen LogP contribution in [0.15, 0.2) is 61.2 Å². The summed E-state index contributed by atoms with van der Waals surface area (Å²) in [6.07, 6.45) is 6.66. The third kappa shape index (κ3) is 2.56. The molecule has 0 saturated carbocycles. The Morgan fingerprint density at radius 2 is 1.65 bits per heavy atom. The smallest absolute Gasteiger partial charge is 0.291 e. The van der Waals surface area contributed by atoms with E-state index in [4.69, 9.17) is 0 Å². The van der Waals surface area contributed by atoms with E-state index in [9.17, 15) is 4.79 Å². The molecule has 0 aliphatic rings. The summed E-state index contributed by atoms with van der Waals surface area (Å²) in [6.45, 7) is 0. The number of H-pyrrole nitrogens is 1. The van der Waals surface area contributed by atoms with E-state index in [-0.39, 0.29) is 5.91 Å². The average Bonchev–Trinajstić information content (AvgIpc) is 3.03. The molecule has 20 heavy (non-hydrogen) atoms. The van der Waals surface area contributed by atoms with Gasteiger partial charge in [-0.25, -0.2) is 4.98 Å². The standard InChI is InChI=1S/C15H12N4O/c20-15(14-17-9-10-18-14)19-13-3-1-11(2-4-13)12-5-7-16-8-6-12/h1-10H,(H,17,18)(H,19,20). The van der Waals surface area contributed by atoms with Gasteiger partial charge in [0.15, 0.2) is 5.82 Å². The number of hydrogen-bond acceptors (Lipinski definition) is 3. The summed E-state index contributed by atoms with van der Waals surface area (Å²) in [5, 5.41) is 2.78. The van der Waals surface area contributed by atoms with Crippen molar-refractivity contribution < 1.29 is 4.79 Å². The number of carbonyl (C=O) groups is 1. The Balaban J connectivity index is 1.75. The highest BCUT2D eigenvalue weighted by atomic mass is 16.2. The Bertz CT molecular complexity index is 691. The van der Waals surface area contributed by atoms with Gasteiger partial charge < -0.3 is 10.3 Å². The molecule has 0 bridgehead atoms. The van der Waals surface area contributed by atoms with Crippen molar-refractivity contribution in [3.8, 4) is 11.1 Å². The van der Waals surface area contributed by atoms with E-state index in [0.29, 0.717) is 5.82 Å². The van der Waals surface area contributed by atoms with Crippen molar-refractivity contribution >= 4 is 11.6 Å². The number of hydrogen-bond donors (Lipinski definition) is 2. The first-order valence-electron chi connectivity index (χ1n) is 6.14. The summed E-state index contributed by atoms with van der Waals surface area (Å²) in [5.74, 6) is 0.0369. The molecule has 0 saturated heterocycles. The molecule has 3 aromatic rings. The number of pyridine rings is 1. The minimum absolute atomic E-state index is 0.258. The number of nitrogens with one attached hydrogen (secondary N) is 2. The fraction of sp³-hybridized carbons (Fsp3) is 0. The van der Waals surface area contributed by atoms with Crippen molar-refractivity contribution in [2.45, 2.75) is 0 Å². The second-order valence-electron chi connectivity index (χ2n) is 4.21. The lowest BCUT2D eigenvalue weighted by Gasteiger charge is -2.05. The number of aromatic nitrogens is 3. The fourth-order valence-electron chi connectivity index (χ4n) is 1.87. The predicted octanol–water partition coefficient (Wildman–Crippen LogP) is 2.72. The van der Waals surface area contributed by atoms with E-state index in [1.165, 1.54) is 0 Å². The maximum atomic E-state index is 11.8. The second-order valence-corrected chi connectivity index (χ2v) is 4.21. The number of nitrogens with zero attached hydrogens (tertiary/aromatic N) is 2. The minimum atomic E-state index is -0.258. The summed E-state index contributed by atoms with van der Waals surface area (Å²) < 4.78 is 0. The van der Waals surface area contributed by atoms with E-state index in [1.54, 1.807) is 24.8 Å². The lowest BCUT2D eigenvalue weighted by Crippen LogP contribution is -2.13. The quantitative estimate of drug-likeness (QED) is 0.764. The molecule has 0 unspecified atom stereocenters. The van der Waals surface area contributed by atoms with Crippen molar-refractivity contribution in [1.29, 1.82) is 0 Å². The van der Waals surface area contributed by atoms with Gasteiger partial charge in [0.25, 0.3) is 5.91 Å². The van der Waals surface area contributed by atoms with Gasteiger partial charge in [0.2, 0.25) is 0 Å². The van der Waals surface area contributed by atoms with Gasteiger partial charge in [-0.1, -0.05) is 12.1 Å². The highest BCUT2D eigenvalue weighted by Gasteiger charge is 2.07. The molecule has 2 N–H and O–H groups in total. The van der Waals surface area contributed by atoms with Gasteiger partial charge in [-0.05, 0) is 35.4 Å². The molecule has 5 nitrogen and oxygen atoms in total. The van der Waals surface area contributed by atoms with Gasteiger partial charge in [0, 0.05) is 30.5 Å². The van der Waals surface area contributed by atoms with Crippen LogP contribution in [-0.2, 0) is 0 Å². The molecule has 1 amide bonds. The lowest BCUT2D eigenvalue weighted by molar-refractivity contribution is 0.101. The van der Waals surface area contributed by atoms with E-state index in [2.05, 4.69) is 20.3 Å². The lowest BCUT2D eigenvalue weighted by atomic mass is 10.1. The molecule has 0 aliphatic heterocycles. The Kier molecular flexibility index (Phi) is 3.24. The number of carbonyl (C=O) groups excluding carboxylic acids is 1. The van der Waals surface area contributed by atoms with Gasteiger partial charge in [-0.3, -0.25) is 9.78 Å². The molecule has 1 aromatic carbocycles. The van der Waals surface area contributed by atoms with Crippen molar-refractivity contribution in [3.05, 3.63) is 67.0 Å². The van der Waals surface area contributed by atoms with Crippen LogP contribution in [0.5, 0.6) is 0 Å². The Hall–Kier alpha value is -2.95. The molecule has 0 aliphatic carbocycles. The molecule has 0 atom stereocenters.